The molecule has 1 aliphatic heterocycles. The van der Waals surface area contributed by atoms with Gasteiger partial charge in [0.1, 0.15) is 6.04 Å². The lowest BCUT2D eigenvalue weighted by Crippen LogP contribution is -2.46. The number of nitrogens with zero attached hydrogens (tertiary/aromatic N) is 2. The Labute approximate surface area is 148 Å². The predicted octanol–water partition coefficient (Wildman–Crippen LogP) is 0.416. The van der Waals surface area contributed by atoms with Gasteiger partial charge in [-0.3, -0.25) is 14.4 Å². The summed E-state index contributed by atoms with van der Waals surface area (Å²) in [7, 11) is -2.48. The van der Waals surface area contributed by atoms with Gasteiger partial charge in [0.2, 0.25) is 5.91 Å². The van der Waals surface area contributed by atoms with Gasteiger partial charge in [-0.25, -0.2) is 13.1 Å². The van der Waals surface area contributed by atoms with Crippen molar-refractivity contribution in [2.45, 2.75) is 30.7 Å². The Balaban J connectivity index is 1.88. The minimum Gasteiger partial charge on any atom is -0.331 e. The molecule has 1 N–H and O–H groups in total. The van der Waals surface area contributed by atoms with Crippen molar-refractivity contribution < 1.29 is 18.0 Å². The van der Waals surface area contributed by atoms with E-state index in [4.69, 9.17) is 0 Å². The van der Waals surface area contributed by atoms with Crippen LogP contribution in [-0.4, -0.2) is 42.3 Å². The molecule has 8 nitrogen and oxygen atoms in total. The maximum atomic E-state index is 12.5. The maximum absolute atomic E-state index is 12.5. The summed E-state index contributed by atoms with van der Waals surface area (Å²) in [6.07, 6.45) is 1.09. The first-order valence-electron chi connectivity index (χ1n) is 7.64. The van der Waals surface area contributed by atoms with Gasteiger partial charge in [-0.05, 0) is 31.0 Å². The first-order chi connectivity index (χ1) is 11.7. The van der Waals surface area contributed by atoms with Crippen LogP contribution in [0.2, 0.25) is 0 Å². The molecule has 0 spiro atoms. The van der Waals surface area contributed by atoms with E-state index in [-0.39, 0.29) is 15.7 Å². The summed E-state index contributed by atoms with van der Waals surface area (Å²) in [6, 6.07) is 3.48. The number of rotatable bonds is 3. The highest BCUT2D eigenvalue weighted by Crippen LogP contribution is 2.22. The lowest BCUT2D eigenvalue weighted by Gasteiger charge is -2.22. The molecule has 10 heteroatoms. The first-order valence-corrected chi connectivity index (χ1v) is 9.94. The van der Waals surface area contributed by atoms with E-state index >= 15 is 0 Å². The molecule has 3 rings (SSSR count). The number of amides is 2. The largest absolute Gasteiger partial charge is 0.331 e. The van der Waals surface area contributed by atoms with Crippen LogP contribution in [0, 0.1) is 0 Å². The lowest BCUT2D eigenvalue weighted by atomic mass is 10.2. The summed E-state index contributed by atoms with van der Waals surface area (Å²) in [5.74, 6) is -0.973. The zero-order valence-electron chi connectivity index (χ0n) is 13.7. The van der Waals surface area contributed by atoms with Gasteiger partial charge in [0.05, 0.1) is 15.1 Å². The van der Waals surface area contributed by atoms with E-state index in [0.717, 1.165) is 11.3 Å². The fraction of sp³-hybridized carbons (Fsp3) is 0.400. The Kier molecular flexibility index (Phi) is 4.41. The van der Waals surface area contributed by atoms with Crippen LogP contribution in [0.4, 0.5) is 0 Å². The van der Waals surface area contributed by atoms with Gasteiger partial charge in [-0.2, -0.15) is 0 Å². The third-order valence-electron chi connectivity index (χ3n) is 4.27. The molecule has 1 saturated heterocycles. The van der Waals surface area contributed by atoms with Gasteiger partial charge < -0.3 is 9.47 Å². The molecule has 1 fully saturated rings. The number of thiazole rings is 1. The number of sulfonamides is 1. The topological polar surface area (TPSA) is 106 Å². The molecule has 1 aliphatic rings. The SMILES string of the molecule is CC(=O)N1CCC[C@H]1C(=O)NS(=O)(=O)c1ccc2c(c1)sc(=O)n2C. The van der Waals surface area contributed by atoms with E-state index in [0.29, 0.717) is 29.6 Å². The van der Waals surface area contributed by atoms with Crippen molar-refractivity contribution in [3.8, 4) is 0 Å². The average Bonchev–Trinajstić information content (AvgIpc) is 3.12. The molecule has 2 amide bonds. The van der Waals surface area contributed by atoms with Gasteiger partial charge in [0, 0.05) is 20.5 Å². The van der Waals surface area contributed by atoms with Gasteiger partial charge in [-0.15, -0.1) is 0 Å². The third kappa shape index (κ3) is 3.19. The molecular weight excluding hydrogens is 366 g/mol. The molecule has 1 aromatic carbocycles. The molecule has 0 aliphatic carbocycles. The van der Waals surface area contributed by atoms with Crippen molar-refractivity contribution in [2.24, 2.45) is 7.05 Å². The summed E-state index contributed by atoms with van der Waals surface area (Å²) in [5.41, 5.74) is 0.624. The predicted molar refractivity (Wildman–Crippen MR) is 92.8 cm³/mol. The molecule has 2 aromatic rings. The molecule has 25 heavy (non-hydrogen) atoms. The number of hydrogen-bond donors (Lipinski definition) is 1. The molecular formula is C15H17N3O5S2. The number of carbonyl (C=O) groups excluding carboxylic acids is 2. The molecule has 0 bridgehead atoms. The Morgan fingerprint density at radius 1 is 1.32 bits per heavy atom. The number of fused-ring (bicyclic) bond motifs is 1. The van der Waals surface area contributed by atoms with Crippen molar-refractivity contribution in [3.05, 3.63) is 27.9 Å². The fourth-order valence-corrected chi connectivity index (χ4v) is 4.99. The van der Waals surface area contributed by atoms with Crippen LogP contribution in [0.3, 0.4) is 0 Å². The van der Waals surface area contributed by atoms with Gasteiger partial charge in [0.15, 0.2) is 0 Å². The highest BCUT2D eigenvalue weighted by molar-refractivity contribution is 7.90. The van der Waals surface area contributed by atoms with E-state index < -0.39 is 22.0 Å². The van der Waals surface area contributed by atoms with Crippen LogP contribution in [0.15, 0.2) is 27.9 Å². The summed E-state index contributed by atoms with van der Waals surface area (Å²) in [5, 5.41) is 0. The molecule has 1 atom stereocenters. The Hall–Kier alpha value is -2.20. The summed E-state index contributed by atoms with van der Waals surface area (Å²) >= 11 is 0.935. The summed E-state index contributed by atoms with van der Waals surface area (Å²) < 4.78 is 29.0. The first kappa shape index (κ1) is 17.6. The minimum absolute atomic E-state index is 0.0948. The van der Waals surface area contributed by atoms with E-state index in [2.05, 4.69) is 0 Å². The zero-order chi connectivity index (χ0) is 18.4. The average molecular weight is 383 g/mol. The van der Waals surface area contributed by atoms with Crippen LogP contribution >= 0.6 is 11.3 Å². The quantitative estimate of drug-likeness (QED) is 0.827. The number of likely N-dealkylation sites (tertiary alicyclic amines) is 1. The summed E-state index contributed by atoms with van der Waals surface area (Å²) in [6.45, 7) is 1.79. The third-order valence-corrected chi connectivity index (χ3v) is 6.61. The standard InChI is InChI=1S/C15H17N3O5S2/c1-9(19)18-7-3-4-12(18)14(20)16-25(22,23)10-5-6-11-13(8-10)24-15(21)17(11)2/h5-6,8,12H,3-4,7H2,1-2H3,(H,16,20)/t12-/m0/s1. The van der Waals surface area contributed by atoms with E-state index in [9.17, 15) is 22.8 Å². The van der Waals surface area contributed by atoms with Gasteiger partial charge >= 0.3 is 4.87 Å². The molecule has 2 heterocycles. The Morgan fingerprint density at radius 2 is 2.04 bits per heavy atom. The minimum atomic E-state index is -4.08. The number of hydrogen-bond acceptors (Lipinski definition) is 6. The number of carbonyl (C=O) groups is 2. The second kappa shape index (κ2) is 6.26. The number of aryl methyl sites for hydroxylation is 1. The van der Waals surface area contributed by atoms with Crippen molar-refractivity contribution in [3.63, 3.8) is 0 Å². The van der Waals surface area contributed by atoms with Crippen LogP contribution in [0.5, 0.6) is 0 Å². The monoisotopic (exact) mass is 383 g/mol. The fourth-order valence-electron chi connectivity index (χ4n) is 2.96. The zero-order valence-corrected chi connectivity index (χ0v) is 15.3. The molecule has 1 aromatic heterocycles. The lowest BCUT2D eigenvalue weighted by molar-refractivity contribution is -0.136. The molecule has 0 saturated carbocycles. The second-order valence-electron chi connectivity index (χ2n) is 5.90. The van der Waals surface area contributed by atoms with E-state index in [1.54, 1.807) is 7.05 Å². The smallest absolute Gasteiger partial charge is 0.307 e. The number of benzene rings is 1. The van der Waals surface area contributed by atoms with Crippen LogP contribution < -0.4 is 9.60 Å². The van der Waals surface area contributed by atoms with E-state index in [1.165, 1.54) is 34.6 Å². The molecule has 0 radical (unpaired) electrons. The Morgan fingerprint density at radius 3 is 2.72 bits per heavy atom. The number of nitrogens with one attached hydrogen (secondary N) is 1. The van der Waals surface area contributed by atoms with Crippen molar-refractivity contribution >= 4 is 43.4 Å². The highest BCUT2D eigenvalue weighted by Gasteiger charge is 2.34. The van der Waals surface area contributed by atoms with Crippen molar-refractivity contribution in [1.29, 1.82) is 0 Å². The Bertz CT molecular complexity index is 1020. The van der Waals surface area contributed by atoms with Crippen molar-refractivity contribution in [1.82, 2.24) is 14.2 Å². The second-order valence-corrected chi connectivity index (χ2v) is 8.57. The van der Waals surface area contributed by atoms with Crippen LogP contribution in [-0.2, 0) is 26.7 Å². The van der Waals surface area contributed by atoms with Crippen LogP contribution in [0.25, 0.3) is 10.2 Å². The van der Waals surface area contributed by atoms with Gasteiger partial charge in [0.25, 0.3) is 15.9 Å². The normalized spacial score (nSPS) is 17.8. The van der Waals surface area contributed by atoms with Crippen LogP contribution in [0.1, 0.15) is 19.8 Å². The number of aromatic nitrogens is 1. The van der Waals surface area contributed by atoms with Crippen molar-refractivity contribution in [2.75, 3.05) is 6.54 Å². The highest BCUT2D eigenvalue weighted by atomic mass is 32.2. The van der Waals surface area contributed by atoms with Gasteiger partial charge in [-0.1, -0.05) is 11.3 Å². The summed E-state index contributed by atoms with van der Waals surface area (Å²) in [4.78, 5) is 36.6. The van der Waals surface area contributed by atoms with E-state index in [1.807, 2.05) is 4.72 Å². The molecule has 134 valence electrons. The molecule has 0 unspecified atom stereocenters. The maximum Gasteiger partial charge on any atom is 0.307 e.